The van der Waals surface area contributed by atoms with Gasteiger partial charge in [-0.2, -0.15) is 0 Å². The normalized spacial score (nSPS) is 15.8. The Morgan fingerprint density at radius 2 is 2.10 bits per heavy atom. The number of benzene rings is 1. The van der Waals surface area contributed by atoms with Crippen molar-refractivity contribution in [2.75, 3.05) is 18.8 Å². The molecule has 0 atom stereocenters. The standard InChI is InChI=1S/C12H13BrN2O4S2/c1-8-2-3-9(13)6-10(8)21(18,19)14-4-5-15-11(16)7-20-12(15)17/h2-3,6,14H,4-5,7H2,1H3. The molecule has 1 heterocycles. The third-order valence-corrected chi connectivity index (χ3v) is 5.86. The summed E-state index contributed by atoms with van der Waals surface area (Å²) < 4.78 is 27.5. The molecular weight excluding hydrogens is 380 g/mol. The molecule has 0 aromatic heterocycles. The first-order valence-electron chi connectivity index (χ1n) is 6.04. The van der Waals surface area contributed by atoms with Gasteiger partial charge in [0.05, 0.1) is 10.6 Å². The zero-order chi connectivity index (χ0) is 15.6. The molecule has 1 fully saturated rings. The van der Waals surface area contributed by atoms with Crippen LogP contribution in [0, 0.1) is 6.92 Å². The lowest BCUT2D eigenvalue weighted by Crippen LogP contribution is -2.37. The van der Waals surface area contributed by atoms with Crippen LogP contribution in [0.1, 0.15) is 5.56 Å². The van der Waals surface area contributed by atoms with Gasteiger partial charge in [0.25, 0.3) is 5.24 Å². The minimum absolute atomic E-state index is 0.00761. The lowest BCUT2D eigenvalue weighted by Gasteiger charge is -2.14. The van der Waals surface area contributed by atoms with E-state index in [2.05, 4.69) is 20.7 Å². The Kier molecular flexibility index (Phi) is 5.07. The van der Waals surface area contributed by atoms with Crippen molar-refractivity contribution in [3.63, 3.8) is 0 Å². The third kappa shape index (κ3) is 3.85. The predicted molar refractivity (Wildman–Crippen MR) is 83.6 cm³/mol. The number of imide groups is 1. The second kappa shape index (κ2) is 6.47. The van der Waals surface area contributed by atoms with Crippen molar-refractivity contribution in [2.24, 2.45) is 0 Å². The molecule has 0 bridgehead atoms. The van der Waals surface area contributed by atoms with Crippen molar-refractivity contribution in [1.82, 2.24) is 9.62 Å². The lowest BCUT2D eigenvalue weighted by atomic mass is 10.2. The zero-order valence-electron chi connectivity index (χ0n) is 11.1. The van der Waals surface area contributed by atoms with Gasteiger partial charge in [-0.3, -0.25) is 14.5 Å². The Hall–Kier alpha value is -0.900. The van der Waals surface area contributed by atoms with Crippen LogP contribution in [-0.4, -0.2) is 43.3 Å². The van der Waals surface area contributed by atoms with Crippen molar-refractivity contribution in [3.05, 3.63) is 28.2 Å². The average molecular weight is 393 g/mol. The first-order valence-corrected chi connectivity index (χ1v) is 9.30. The van der Waals surface area contributed by atoms with Crippen LogP contribution in [-0.2, 0) is 14.8 Å². The van der Waals surface area contributed by atoms with Crippen molar-refractivity contribution < 1.29 is 18.0 Å². The van der Waals surface area contributed by atoms with Crippen molar-refractivity contribution in [1.29, 1.82) is 0 Å². The molecule has 1 saturated heterocycles. The number of thioether (sulfide) groups is 1. The van der Waals surface area contributed by atoms with Crippen molar-refractivity contribution >= 4 is 48.9 Å². The first-order chi connectivity index (χ1) is 9.81. The predicted octanol–water partition coefficient (Wildman–Crippen LogP) is 1.73. The highest BCUT2D eigenvalue weighted by Crippen LogP contribution is 2.21. The number of nitrogens with zero attached hydrogens (tertiary/aromatic N) is 1. The van der Waals surface area contributed by atoms with Gasteiger partial charge < -0.3 is 0 Å². The fourth-order valence-electron chi connectivity index (χ4n) is 1.83. The second-order valence-corrected chi connectivity index (χ2v) is 7.99. The van der Waals surface area contributed by atoms with E-state index in [0.29, 0.717) is 10.0 Å². The summed E-state index contributed by atoms with van der Waals surface area (Å²) >= 11 is 4.16. The van der Waals surface area contributed by atoms with E-state index in [-0.39, 0.29) is 34.9 Å². The molecule has 0 unspecified atom stereocenters. The fraction of sp³-hybridized carbons (Fsp3) is 0.333. The van der Waals surface area contributed by atoms with Gasteiger partial charge in [0.2, 0.25) is 15.9 Å². The number of amides is 2. The summed E-state index contributed by atoms with van der Waals surface area (Å²) in [5.41, 5.74) is 0.620. The Morgan fingerprint density at radius 3 is 2.71 bits per heavy atom. The number of hydrogen-bond donors (Lipinski definition) is 1. The molecule has 0 radical (unpaired) electrons. The highest BCUT2D eigenvalue weighted by Gasteiger charge is 2.29. The molecule has 1 N–H and O–H groups in total. The minimum atomic E-state index is -3.68. The molecule has 0 aliphatic carbocycles. The minimum Gasteiger partial charge on any atom is -0.273 e. The van der Waals surface area contributed by atoms with E-state index in [4.69, 9.17) is 0 Å². The largest absolute Gasteiger partial charge is 0.288 e. The van der Waals surface area contributed by atoms with E-state index in [0.717, 1.165) is 16.7 Å². The van der Waals surface area contributed by atoms with E-state index in [9.17, 15) is 18.0 Å². The van der Waals surface area contributed by atoms with Crippen LogP contribution in [0.4, 0.5) is 4.79 Å². The Labute approximate surface area is 135 Å². The maximum absolute atomic E-state index is 12.2. The molecule has 1 aliphatic heterocycles. The van der Waals surface area contributed by atoms with E-state index in [1.54, 1.807) is 19.1 Å². The Morgan fingerprint density at radius 1 is 1.38 bits per heavy atom. The molecule has 0 spiro atoms. The van der Waals surface area contributed by atoms with Gasteiger partial charge in [0.15, 0.2) is 0 Å². The van der Waals surface area contributed by atoms with Crippen LogP contribution < -0.4 is 4.72 Å². The van der Waals surface area contributed by atoms with Gasteiger partial charge in [-0.1, -0.05) is 33.8 Å². The first kappa shape index (κ1) is 16.5. The van der Waals surface area contributed by atoms with E-state index < -0.39 is 10.0 Å². The number of halogens is 1. The molecule has 9 heteroatoms. The number of hydrogen-bond acceptors (Lipinski definition) is 5. The lowest BCUT2D eigenvalue weighted by molar-refractivity contribution is -0.124. The molecule has 114 valence electrons. The van der Waals surface area contributed by atoms with E-state index in [1.807, 2.05) is 0 Å². The summed E-state index contributed by atoms with van der Waals surface area (Å²) in [6.45, 7) is 1.73. The quantitative estimate of drug-likeness (QED) is 0.824. The molecule has 2 amide bonds. The summed E-state index contributed by atoms with van der Waals surface area (Å²) in [5, 5.41) is -0.335. The summed E-state index contributed by atoms with van der Waals surface area (Å²) in [5.74, 6) is -0.168. The van der Waals surface area contributed by atoms with Crippen molar-refractivity contribution in [3.8, 4) is 0 Å². The van der Waals surface area contributed by atoms with Gasteiger partial charge in [0, 0.05) is 17.6 Å². The van der Waals surface area contributed by atoms with Crippen molar-refractivity contribution in [2.45, 2.75) is 11.8 Å². The number of aryl methyl sites for hydroxylation is 1. The molecule has 1 aromatic carbocycles. The second-order valence-electron chi connectivity index (χ2n) is 4.41. The van der Waals surface area contributed by atoms with Gasteiger partial charge in [-0.25, -0.2) is 13.1 Å². The summed E-state index contributed by atoms with van der Waals surface area (Å²) in [6.07, 6.45) is 0. The van der Waals surface area contributed by atoms with Gasteiger partial charge >= 0.3 is 0 Å². The van der Waals surface area contributed by atoms with Crippen LogP contribution in [0.2, 0.25) is 0 Å². The molecular formula is C12H13BrN2O4S2. The topological polar surface area (TPSA) is 83.6 Å². The average Bonchev–Trinajstić information content (AvgIpc) is 2.73. The summed E-state index contributed by atoms with van der Waals surface area (Å²) in [6, 6.07) is 4.97. The number of nitrogens with one attached hydrogen (secondary N) is 1. The maximum atomic E-state index is 12.2. The summed E-state index contributed by atoms with van der Waals surface area (Å²) in [4.78, 5) is 24.0. The smallest absolute Gasteiger partial charge is 0.273 e. The van der Waals surface area contributed by atoms with Gasteiger partial charge in [-0.05, 0) is 24.6 Å². The van der Waals surface area contributed by atoms with Crippen LogP contribution in [0.15, 0.2) is 27.6 Å². The highest BCUT2D eigenvalue weighted by molar-refractivity contribution is 9.10. The third-order valence-electron chi connectivity index (χ3n) is 2.91. The number of rotatable bonds is 5. The Bertz CT molecular complexity index is 674. The van der Waals surface area contributed by atoms with Crippen LogP contribution >= 0.6 is 27.7 Å². The van der Waals surface area contributed by atoms with Crippen LogP contribution in [0.5, 0.6) is 0 Å². The molecule has 1 aromatic rings. The molecule has 2 rings (SSSR count). The number of carbonyl (C=O) groups excluding carboxylic acids is 2. The molecule has 21 heavy (non-hydrogen) atoms. The molecule has 0 saturated carbocycles. The molecule has 6 nitrogen and oxygen atoms in total. The van der Waals surface area contributed by atoms with Crippen LogP contribution in [0.25, 0.3) is 0 Å². The summed E-state index contributed by atoms with van der Waals surface area (Å²) in [7, 11) is -3.68. The number of sulfonamides is 1. The monoisotopic (exact) mass is 392 g/mol. The van der Waals surface area contributed by atoms with Gasteiger partial charge in [-0.15, -0.1) is 0 Å². The zero-order valence-corrected chi connectivity index (χ0v) is 14.3. The number of carbonyl (C=O) groups is 2. The Balaban J connectivity index is 2.03. The highest BCUT2D eigenvalue weighted by atomic mass is 79.9. The van der Waals surface area contributed by atoms with E-state index >= 15 is 0 Å². The maximum Gasteiger partial charge on any atom is 0.288 e. The molecule has 1 aliphatic rings. The van der Waals surface area contributed by atoms with Gasteiger partial charge in [0.1, 0.15) is 0 Å². The SMILES string of the molecule is Cc1ccc(Br)cc1S(=O)(=O)NCCN1C(=O)CSC1=O. The van der Waals surface area contributed by atoms with E-state index in [1.165, 1.54) is 6.07 Å². The van der Waals surface area contributed by atoms with Crippen LogP contribution in [0.3, 0.4) is 0 Å². The fourth-order valence-corrected chi connectivity index (χ4v) is 4.38.